The van der Waals surface area contributed by atoms with E-state index < -0.39 is 0 Å². The zero-order valence-electron chi connectivity index (χ0n) is 22.0. The molecule has 2 aliphatic heterocycles. The maximum absolute atomic E-state index is 12.4. The molecule has 1 saturated carbocycles. The number of piperidine rings is 1. The molecule has 0 N–H and O–H groups in total. The van der Waals surface area contributed by atoms with Gasteiger partial charge in [-0.2, -0.15) is 0 Å². The fourth-order valence-electron chi connectivity index (χ4n) is 6.62. The molecule has 6 rings (SSSR count). The minimum absolute atomic E-state index is 0.300. The Balaban J connectivity index is 1.42. The van der Waals surface area contributed by atoms with Gasteiger partial charge in [0.15, 0.2) is 11.5 Å². The number of hydrogen-bond donors (Lipinski definition) is 0. The Labute approximate surface area is 219 Å². The maximum atomic E-state index is 12.4. The van der Waals surface area contributed by atoms with Crippen LogP contribution in [0.2, 0.25) is 0 Å². The van der Waals surface area contributed by atoms with Crippen LogP contribution in [-0.2, 0) is 11.3 Å². The number of ether oxygens (including phenoxy) is 3. The van der Waals surface area contributed by atoms with Gasteiger partial charge in [-0.3, -0.25) is 4.90 Å². The highest BCUT2D eigenvalue weighted by Gasteiger charge is 2.30. The van der Waals surface area contributed by atoms with Crippen LogP contribution in [0.25, 0.3) is 22.2 Å². The molecule has 3 aromatic rings. The number of carbonyl (C=O) groups excluding carboxylic acids is 1. The van der Waals surface area contributed by atoms with Gasteiger partial charge < -0.3 is 18.8 Å². The molecule has 2 aromatic carbocycles. The quantitative estimate of drug-likeness (QED) is 0.365. The number of esters is 1. The fourth-order valence-corrected chi connectivity index (χ4v) is 6.62. The zero-order valence-corrected chi connectivity index (χ0v) is 22.0. The molecule has 0 bridgehead atoms. The number of likely N-dealkylation sites (tertiary alicyclic amines) is 1. The van der Waals surface area contributed by atoms with Crippen LogP contribution in [0, 0.1) is 0 Å². The van der Waals surface area contributed by atoms with E-state index >= 15 is 0 Å². The van der Waals surface area contributed by atoms with Gasteiger partial charge in [0.1, 0.15) is 13.2 Å². The van der Waals surface area contributed by atoms with Crippen LogP contribution in [0.1, 0.15) is 73.2 Å². The SMILES string of the molecule is COC(=O)c1ccc2c(C3CCCCC3)c3n(c2c1)CCOc1c(OCCN2CCCCC2)cccc1-3. The summed E-state index contributed by atoms with van der Waals surface area (Å²) in [6.45, 7) is 5.25. The average Bonchev–Trinajstić information content (AvgIpc) is 3.14. The molecule has 0 atom stereocenters. The molecule has 2 fully saturated rings. The van der Waals surface area contributed by atoms with Gasteiger partial charge in [0.2, 0.25) is 0 Å². The molecule has 0 radical (unpaired) electrons. The Morgan fingerprint density at radius 2 is 1.81 bits per heavy atom. The van der Waals surface area contributed by atoms with Crippen molar-refractivity contribution < 1.29 is 19.0 Å². The smallest absolute Gasteiger partial charge is 0.337 e. The van der Waals surface area contributed by atoms with Crippen LogP contribution in [0.5, 0.6) is 11.5 Å². The molecule has 1 aromatic heterocycles. The summed E-state index contributed by atoms with van der Waals surface area (Å²) in [5.74, 6) is 1.89. The number of benzene rings is 2. The summed E-state index contributed by atoms with van der Waals surface area (Å²) in [5, 5.41) is 1.25. The standard InChI is InChI=1S/C31H38N2O4/c1-35-31(34)23-13-14-24-26(21-23)33-18-20-37-30-25(29(33)28(24)22-9-4-2-5-10-22)11-8-12-27(30)36-19-17-32-15-6-3-7-16-32/h8,11-14,21-22H,2-7,9-10,15-20H2,1H3. The lowest BCUT2D eigenvalue weighted by molar-refractivity contribution is 0.0601. The molecule has 3 aliphatic rings. The Morgan fingerprint density at radius 3 is 2.62 bits per heavy atom. The predicted octanol–water partition coefficient (Wildman–Crippen LogP) is 6.40. The molecule has 0 unspecified atom stereocenters. The summed E-state index contributed by atoms with van der Waals surface area (Å²) in [4.78, 5) is 14.9. The second-order valence-corrected chi connectivity index (χ2v) is 10.7. The van der Waals surface area contributed by atoms with Crippen LogP contribution in [0.15, 0.2) is 36.4 Å². The van der Waals surface area contributed by atoms with Gasteiger partial charge in [-0.05, 0) is 74.5 Å². The molecule has 6 heteroatoms. The van der Waals surface area contributed by atoms with Crippen molar-refractivity contribution in [2.45, 2.75) is 63.8 Å². The highest BCUT2D eigenvalue weighted by molar-refractivity contribution is 5.99. The lowest BCUT2D eigenvalue weighted by Crippen LogP contribution is -2.33. The molecular weight excluding hydrogens is 464 g/mol. The Morgan fingerprint density at radius 1 is 1.00 bits per heavy atom. The van der Waals surface area contributed by atoms with Crippen molar-refractivity contribution in [1.29, 1.82) is 0 Å². The van der Waals surface area contributed by atoms with Crippen molar-refractivity contribution in [3.63, 3.8) is 0 Å². The van der Waals surface area contributed by atoms with Gasteiger partial charge in [0.05, 0.1) is 24.9 Å². The van der Waals surface area contributed by atoms with Gasteiger partial charge >= 0.3 is 5.97 Å². The first-order valence-corrected chi connectivity index (χ1v) is 14.1. The highest BCUT2D eigenvalue weighted by atomic mass is 16.5. The molecule has 3 heterocycles. The fraction of sp³-hybridized carbons (Fsp3) is 0.516. The monoisotopic (exact) mass is 502 g/mol. The average molecular weight is 503 g/mol. The molecule has 1 aliphatic carbocycles. The zero-order chi connectivity index (χ0) is 25.2. The molecule has 0 amide bonds. The van der Waals surface area contributed by atoms with Crippen LogP contribution >= 0.6 is 0 Å². The van der Waals surface area contributed by atoms with Crippen molar-refractivity contribution in [1.82, 2.24) is 9.47 Å². The minimum Gasteiger partial charge on any atom is -0.488 e. The molecule has 1 saturated heterocycles. The topological polar surface area (TPSA) is 52.9 Å². The summed E-state index contributed by atoms with van der Waals surface area (Å²) >= 11 is 0. The van der Waals surface area contributed by atoms with Crippen LogP contribution < -0.4 is 9.47 Å². The first-order valence-electron chi connectivity index (χ1n) is 14.1. The van der Waals surface area contributed by atoms with E-state index in [0.29, 0.717) is 24.7 Å². The van der Waals surface area contributed by atoms with E-state index in [1.807, 2.05) is 18.2 Å². The summed E-state index contributed by atoms with van der Waals surface area (Å²) in [6.07, 6.45) is 10.2. The third-order valence-electron chi connectivity index (χ3n) is 8.45. The van der Waals surface area contributed by atoms with Crippen LogP contribution in [0.3, 0.4) is 0 Å². The first-order chi connectivity index (χ1) is 18.2. The number of fused-ring (bicyclic) bond motifs is 5. The lowest BCUT2D eigenvalue weighted by atomic mass is 9.81. The Kier molecular flexibility index (Phi) is 7.10. The van der Waals surface area contributed by atoms with Crippen molar-refractivity contribution in [3.8, 4) is 22.8 Å². The van der Waals surface area contributed by atoms with Gasteiger partial charge in [0.25, 0.3) is 0 Å². The van der Waals surface area contributed by atoms with E-state index in [9.17, 15) is 4.79 Å². The third-order valence-corrected chi connectivity index (χ3v) is 8.45. The number of aromatic nitrogens is 1. The normalized spacial score (nSPS) is 18.5. The number of nitrogens with zero attached hydrogens (tertiary/aromatic N) is 2. The number of carbonyl (C=O) groups is 1. The Bertz CT molecular complexity index is 1270. The van der Waals surface area contributed by atoms with E-state index in [4.69, 9.17) is 14.2 Å². The molecule has 6 nitrogen and oxygen atoms in total. The van der Waals surface area contributed by atoms with E-state index in [1.165, 1.54) is 88.2 Å². The Hall–Kier alpha value is -2.99. The van der Waals surface area contributed by atoms with Gasteiger partial charge in [-0.15, -0.1) is 0 Å². The summed E-state index contributed by atoms with van der Waals surface area (Å²) < 4.78 is 20.2. The summed E-state index contributed by atoms with van der Waals surface area (Å²) in [6, 6.07) is 12.4. The van der Waals surface area contributed by atoms with E-state index in [2.05, 4.69) is 27.7 Å². The second-order valence-electron chi connectivity index (χ2n) is 10.7. The molecular formula is C31H38N2O4. The largest absolute Gasteiger partial charge is 0.488 e. The van der Waals surface area contributed by atoms with E-state index in [0.717, 1.165) is 35.7 Å². The maximum Gasteiger partial charge on any atom is 0.337 e. The second kappa shape index (κ2) is 10.8. The van der Waals surface area contributed by atoms with E-state index in [1.54, 1.807) is 0 Å². The van der Waals surface area contributed by atoms with Gasteiger partial charge in [-0.25, -0.2) is 4.79 Å². The number of para-hydroxylation sites is 1. The minimum atomic E-state index is -0.300. The van der Waals surface area contributed by atoms with Gasteiger partial charge in [-0.1, -0.05) is 37.8 Å². The van der Waals surface area contributed by atoms with Crippen LogP contribution in [0.4, 0.5) is 0 Å². The number of rotatable bonds is 6. The number of hydrogen-bond acceptors (Lipinski definition) is 5. The molecule has 0 spiro atoms. The first kappa shape index (κ1) is 24.4. The van der Waals surface area contributed by atoms with Crippen molar-refractivity contribution in [2.24, 2.45) is 0 Å². The molecule has 196 valence electrons. The van der Waals surface area contributed by atoms with Gasteiger partial charge in [0, 0.05) is 23.0 Å². The summed E-state index contributed by atoms with van der Waals surface area (Å²) in [7, 11) is 1.44. The molecule has 37 heavy (non-hydrogen) atoms. The van der Waals surface area contributed by atoms with Crippen molar-refractivity contribution in [3.05, 3.63) is 47.5 Å². The highest BCUT2D eigenvalue weighted by Crippen LogP contribution is 2.49. The van der Waals surface area contributed by atoms with E-state index in [-0.39, 0.29) is 5.97 Å². The third kappa shape index (κ3) is 4.72. The lowest BCUT2D eigenvalue weighted by Gasteiger charge is -2.26. The summed E-state index contributed by atoms with van der Waals surface area (Å²) in [5.41, 5.74) is 5.42. The number of methoxy groups -OCH3 is 1. The predicted molar refractivity (Wildman–Crippen MR) is 146 cm³/mol. The van der Waals surface area contributed by atoms with Crippen LogP contribution in [-0.4, -0.2) is 55.4 Å². The van der Waals surface area contributed by atoms with Crippen molar-refractivity contribution in [2.75, 3.05) is 40.0 Å². The van der Waals surface area contributed by atoms with Crippen molar-refractivity contribution >= 4 is 16.9 Å².